The Labute approximate surface area is 90.8 Å². The molecule has 2 amide bonds. The van der Waals surface area contributed by atoms with E-state index in [9.17, 15) is 9.59 Å². The van der Waals surface area contributed by atoms with Gasteiger partial charge in [0.2, 0.25) is 11.8 Å². The molecule has 0 aliphatic heterocycles. The summed E-state index contributed by atoms with van der Waals surface area (Å²) in [5.74, 6) is -0.417. The monoisotopic (exact) mass is 216 g/mol. The first-order valence-corrected chi connectivity index (χ1v) is 4.83. The van der Waals surface area contributed by atoms with Crippen LogP contribution < -0.4 is 5.32 Å². The topological polar surface area (TPSA) is 58.6 Å². The first kappa shape index (κ1) is 13.9. The van der Waals surface area contributed by atoms with Gasteiger partial charge in [-0.05, 0) is 20.8 Å². The molecule has 88 valence electrons. The molecule has 5 heteroatoms. The van der Waals surface area contributed by atoms with Crippen LogP contribution in [0.25, 0.3) is 0 Å². The van der Waals surface area contributed by atoms with Crippen LogP contribution in [-0.4, -0.2) is 49.6 Å². The van der Waals surface area contributed by atoms with E-state index in [4.69, 9.17) is 4.74 Å². The van der Waals surface area contributed by atoms with Gasteiger partial charge < -0.3 is 15.0 Å². The summed E-state index contributed by atoms with van der Waals surface area (Å²) in [6.45, 7) is 5.59. The van der Waals surface area contributed by atoms with Crippen LogP contribution in [0.4, 0.5) is 0 Å². The molecule has 0 saturated carbocycles. The lowest BCUT2D eigenvalue weighted by Crippen LogP contribution is -2.39. The van der Waals surface area contributed by atoms with Gasteiger partial charge in [-0.2, -0.15) is 0 Å². The second-order valence-electron chi connectivity index (χ2n) is 4.47. The number of ether oxygens (including phenoxy) is 1. The maximum absolute atomic E-state index is 11.2. The molecule has 0 aromatic rings. The molecular formula is C10H20N2O3. The largest absolute Gasteiger partial charge is 0.366 e. The normalized spacial score (nSPS) is 11.0. The first-order chi connectivity index (χ1) is 6.72. The van der Waals surface area contributed by atoms with Gasteiger partial charge in [0.25, 0.3) is 0 Å². The number of amides is 2. The van der Waals surface area contributed by atoms with Crippen LogP contribution in [0.2, 0.25) is 0 Å². The predicted octanol–water partition coefficient (Wildman–Crippen LogP) is 0.00590. The Kier molecular flexibility index (Phi) is 5.28. The van der Waals surface area contributed by atoms with Crippen LogP contribution in [0.5, 0.6) is 0 Å². The second-order valence-corrected chi connectivity index (χ2v) is 4.47. The number of carbonyl (C=O) groups excluding carboxylic acids is 2. The van der Waals surface area contributed by atoms with Crippen LogP contribution in [-0.2, 0) is 14.3 Å². The standard InChI is InChI=1S/C10H20N2O3/c1-10(2,3)15-7-8(13)11-6-9(14)12(4)5/h6-7H2,1-5H3,(H,11,13). The molecule has 0 aromatic heterocycles. The molecule has 1 N–H and O–H groups in total. The summed E-state index contributed by atoms with van der Waals surface area (Å²) in [6, 6.07) is 0. The van der Waals surface area contributed by atoms with E-state index in [1.165, 1.54) is 4.90 Å². The van der Waals surface area contributed by atoms with Crippen LogP contribution in [0.1, 0.15) is 20.8 Å². The number of nitrogens with one attached hydrogen (secondary N) is 1. The van der Waals surface area contributed by atoms with Crippen molar-refractivity contribution >= 4 is 11.8 Å². The molecule has 0 spiro atoms. The van der Waals surface area contributed by atoms with Gasteiger partial charge in [0, 0.05) is 14.1 Å². The molecule has 0 aliphatic rings. The first-order valence-electron chi connectivity index (χ1n) is 4.83. The third-order valence-electron chi connectivity index (χ3n) is 1.57. The molecular weight excluding hydrogens is 196 g/mol. The molecule has 0 rings (SSSR count). The van der Waals surface area contributed by atoms with Crippen LogP contribution in [0.15, 0.2) is 0 Å². The highest BCUT2D eigenvalue weighted by molar-refractivity contribution is 5.84. The molecule has 5 nitrogen and oxygen atoms in total. The molecule has 0 aromatic carbocycles. The summed E-state index contributed by atoms with van der Waals surface area (Å²) in [5.41, 5.74) is -0.344. The molecule has 0 bridgehead atoms. The van der Waals surface area contributed by atoms with Gasteiger partial charge >= 0.3 is 0 Å². The lowest BCUT2D eigenvalue weighted by Gasteiger charge is -2.19. The van der Waals surface area contributed by atoms with Gasteiger partial charge in [-0.3, -0.25) is 9.59 Å². The van der Waals surface area contributed by atoms with Crippen LogP contribution >= 0.6 is 0 Å². The Morgan fingerprint density at radius 3 is 2.20 bits per heavy atom. The van der Waals surface area contributed by atoms with Crippen LogP contribution in [0, 0.1) is 0 Å². The third-order valence-corrected chi connectivity index (χ3v) is 1.57. The average Bonchev–Trinajstić information content (AvgIpc) is 2.09. The Hall–Kier alpha value is -1.10. The smallest absolute Gasteiger partial charge is 0.246 e. The zero-order valence-corrected chi connectivity index (χ0v) is 10.1. The highest BCUT2D eigenvalue weighted by atomic mass is 16.5. The van der Waals surface area contributed by atoms with Gasteiger partial charge in [-0.1, -0.05) is 0 Å². The summed E-state index contributed by atoms with van der Waals surface area (Å²) in [6.07, 6.45) is 0. The van der Waals surface area contributed by atoms with Crippen molar-refractivity contribution in [2.24, 2.45) is 0 Å². The van der Waals surface area contributed by atoms with Gasteiger partial charge in [0.15, 0.2) is 0 Å². The molecule has 0 saturated heterocycles. The zero-order valence-electron chi connectivity index (χ0n) is 10.1. The van der Waals surface area contributed by atoms with Crippen molar-refractivity contribution in [2.75, 3.05) is 27.2 Å². The van der Waals surface area contributed by atoms with Crippen molar-refractivity contribution in [1.29, 1.82) is 0 Å². The van der Waals surface area contributed by atoms with Crippen molar-refractivity contribution < 1.29 is 14.3 Å². The number of nitrogens with zero attached hydrogens (tertiary/aromatic N) is 1. The highest BCUT2D eigenvalue weighted by Gasteiger charge is 2.13. The fourth-order valence-electron chi connectivity index (χ4n) is 0.665. The third kappa shape index (κ3) is 7.93. The number of rotatable bonds is 4. The summed E-state index contributed by atoms with van der Waals surface area (Å²) >= 11 is 0. The molecule has 0 aliphatic carbocycles. The van der Waals surface area contributed by atoms with Crippen molar-refractivity contribution in [3.05, 3.63) is 0 Å². The molecule has 0 unspecified atom stereocenters. The summed E-state index contributed by atoms with van der Waals surface area (Å²) < 4.78 is 5.25. The predicted molar refractivity (Wildman–Crippen MR) is 57.4 cm³/mol. The van der Waals surface area contributed by atoms with E-state index in [1.54, 1.807) is 14.1 Å². The molecule has 0 atom stereocenters. The minimum absolute atomic E-state index is 0.0132. The number of hydrogen-bond donors (Lipinski definition) is 1. The number of hydrogen-bond acceptors (Lipinski definition) is 3. The Morgan fingerprint density at radius 2 is 1.80 bits per heavy atom. The van der Waals surface area contributed by atoms with Crippen molar-refractivity contribution in [1.82, 2.24) is 10.2 Å². The Balaban J connectivity index is 3.72. The molecule has 15 heavy (non-hydrogen) atoms. The Morgan fingerprint density at radius 1 is 1.27 bits per heavy atom. The van der Waals surface area contributed by atoms with Crippen molar-refractivity contribution in [3.63, 3.8) is 0 Å². The molecule has 0 radical (unpaired) electrons. The average molecular weight is 216 g/mol. The summed E-state index contributed by atoms with van der Waals surface area (Å²) in [5, 5.41) is 2.48. The number of likely N-dealkylation sites (N-methyl/N-ethyl adjacent to an activating group) is 1. The maximum atomic E-state index is 11.2. The van der Waals surface area contributed by atoms with Gasteiger partial charge in [0.05, 0.1) is 12.1 Å². The van der Waals surface area contributed by atoms with E-state index < -0.39 is 0 Å². The summed E-state index contributed by atoms with van der Waals surface area (Å²) in [4.78, 5) is 23.8. The lowest BCUT2D eigenvalue weighted by atomic mass is 10.2. The fourth-order valence-corrected chi connectivity index (χ4v) is 0.665. The fraction of sp³-hybridized carbons (Fsp3) is 0.800. The SMILES string of the molecule is CN(C)C(=O)CNC(=O)COC(C)(C)C. The molecule has 0 fully saturated rings. The minimum Gasteiger partial charge on any atom is -0.366 e. The number of carbonyl (C=O) groups is 2. The van der Waals surface area contributed by atoms with Crippen LogP contribution in [0.3, 0.4) is 0 Å². The second kappa shape index (κ2) is 5.70. The summed E-state index contributed by atoms with van der Waals surface area (Å²) in [7, 11) is 3.28. The Bertz CT molecular complexity index is 231. The van der Waals surface area contributed by atoms with E-state index in [2.05, 4.69) is 5.32 Å². The van der Waals surface area contributed by atoms with Gasteiger partial charge in [0.1, 0.15) is 6.61 Å². The maximum Gasteiger partial charge on any atom is 0.246 e. The van der Waals surface area contributed by atoms with Gasteiger partial charge in [-0.25, -0.2) is 0 Å². The van der Waals surface area contributed by atoms with E-state index in [1.807, 2.05) is 20.8 Å². The molecule has 0 heterocycles. The zero-order chi connectivity index (χ0) is 12.1. The van der Waals surface area contributed by atoms with E-state index in [0.29, 0.717) is 0 Å². The van der Waals surface area contributed by atoms with Crippen molar-refractivity contribution in [2.45, 2.75) is 26.4 Å². The van der Waals surface area contributed by atoms with Gasteiger partial charge in [-0.15, -0.1) is 0 Å². The van der Waals surface area contributed by atoms with E-state index in [0.717, 1.165) is 0 Å². The lowest BCUT2D eigenvalue weighted by molar-refractivity contribution is -0.134. The van der Waals surface area contributed by atoms with Crippen molar-refractivity contribution in [3.8, 4) is 0 Å². The minimum atomic E-state index is -0.344. The highest BCUT2D eigenvalue weighted by Crippen LogP contribution is 2.05. The van der Waals surface area contributed by atoms with E-state index in [-0.39, 0.29) is 30.6 Å². The van der Waals surface area contributed by atoms with E-state index >= 15 is 0 Å². The quantitative estimate of drug-likeness (QED) is 0.720.